The molecule has 1 amide bonds. The predicted molar refractivity (Wildman–Crippen MR) is 143 cm³/mol. The summed E-state index contributed by atoms with van der Waals surface area (Å²) in [5, 5.41) is 0. The van der Waals surface area contributed by atoms with Gasteiger partial charge in [-0.1, -0.05) is 77.2 Å². The lowest BCUT2D eigenvalue weighted by atomic mass is 9.75. The van der Waals surface area contributed by atoms with Crippen molar-refractivity contribution in [3.8, 4) is 0 Å². The highest BCUT2D eigenvalue weighted by Gasteiger charge is 2.48. The summed E-state index contributed by atoms with van der Waals surface area (Å²) in [5.74, 6) is 0.850. The standard InChI is InChI=1S/C28H40N2O2.C2H6/c1-5-8-10-24(9-6-2)30-21-28(32-26(30)31)15-17-29(18-16-28)20-27(4)14-13-22(7-3)25(19-27)23-11-12-23;1-2/h5,8-10,13-14,23H,1,6-7,11-12,15-21H2,2-4H3;1-2H3/b10-8-,24-9+;. The lowest BCUT2D eigenvalue weighted by Gasteiger charge is -2.42. The van der Waals surface area contributed by atoms with Crippen LogP contribution in [0.5, 0.6) is 0 Å². The molecule has 4 nitrogen and oxygen atoms in total. The summed E-state index contributed by atoms with van der Waals surface area (Å²) in [5.41, 5.74) is 4.10. The minimum Gasteiger partial charge on any atom is -0.441 e. The zero-order valence-electron chi connectivity index (χ0n) is 22.2. The van der Waals surface area contributed by atoms with Crippen LogP contribution in [-0.4, -0.2) is 47.7 Å². The Bertz CT molecular complexity index is 853. The molecule has 2 aliphatic heterocycles. The van der Waals surface area contributed by atoms with Crippen molar-refractivity contribution in [1.29, 1.82) is 0 Å². The highest BCUT2D eigenvalue weighted by molar-refractivity contribution is 5.74. The minimum atomic E-state index is -0.347. The Morgan fingerprint density at radius 3 is 2.53 bits per heavy atom. The maximum Gasteiger partial charge on any atom is 0.415 e. The van der Waals surface area contributed by atoms with Gasteiger partial charge in [0.1, 0.15) is 5.60 Å². The molecule has 1 spiro atoms. The molecule has 2 heterocycles. The van der Waals surface area contributed by atoms with E-state index in [0.29, 0.717) is 6.54 Å². The van der Waals surface area contributed by atoms with Crippen LogP contribution in [0.25, 0.3) is 0 Å². The van der Waals surface area contributed by atoms with Crippen molar-refractivity contribution >= 4 is 6.09 Å². The van der Waals surface area contributed by atoms with Crippen molar-refractivity contribution in [1.82, 2.24) is 9.80 Å². The molecule has 0 aromatic heterocycles. The number of carbonyl (C=O) groups is 1. The van der Waals surface area contributed by atoms with Crippen LogP contribution in [0.1, 0.15) is 79.6 Å². The Labute approximate surface area is 208 Å². The molecule has 0 radical (unpaired) electrons. The van der Waals surface area contributed by atoms with Gasteiger partial charge >= 0.3 is 6.09 Å². The molecule has 2 aliphatic carbocycles. The molecule has 188 valence electrons. The third-order valence-corrected chi connectivity index (χ3v) is 7.60. The number of amides is 1. The summed E-state index contributed by atoms with van der Waals surface area (Å²) < 4.78 is 6.00. The molecule has 0 aromatic rings. The average Bonchev–Trinajstić information content (AvgIpc) is 3.64. The van der Waals surface area contributed by atoms with Gasteiger partial charge in [-0.15, -0.1) is 0 Å². The van der Waals surface area contributed by atoms with E-state index in [4.69, 9.17) is 4.74 Å². The second kappa shape index (κ2) is 11.6. The number of likely N-dealkylation sites (tertiary alicyclic amines) is 1. The van der Waals surface area contributed by atoms with E-state index in [1.54, 1.807) is 17.2 Å². The Kier molecular flexibility index (Phi) is 9.03. The highest BCUT2D eigenvalue weighted by atomic mass is 16.6. The summed E-state index contributed by atoms with van der Waals surface area (Å²) >= 11 is 0. The zero-order chi connectivity index (χ0) is 24.8. The first-order valence-corrected chi connectivity index (χ1v) is 13.5. The smallest absolute Gasteiger partial charge is 0.415 e. The third kappa shape index (κ3) is 6.13. The van der Waals surface area contributed by atoms with Gasteiger partial charge in [0.2, 0.25) is 0 Å². The lowest BCUT2D eigenvalue weighted by Crippen LogP contribution is -2.49. The SMILES string of the molecule is C=C/C=C\C(=C/CC)N1CC2(CCN(CC3(C)C=CC(CC)=C(C4CC4)C3)CC2)OC1=O.CC. The minimum absolute atomic E-state index is 0.208. The number of allylic oxidation sites excluding steroid dienone is 7. The number of carbonyl (C=O) groups excluding carboxylic acids is 1. The number of rotatable bonds is 8. The number of hydrogen-bond acceptors (Lipinski definition) is 3. The quantitative estimate of drug-likeness (QED) is 0.349. The Morgan fingerprint density at radius 1 is 1.24 bits per heavy atom. The summed E-state index contributed by atoms with van der Waals surface area (Å²) in [6, 6.07) is 0. The van der Waals surface area contributed by atoms with Gasteiger partial charge in [0, 0.05) is 43.6 Å². The molecule has 1 saturated carbocycles. The van der Waals surface area contributed by atoms with E-state index < -0.39 is 0 Å². The van der Waals surface area contributed by atoms with Gasteiger partial charge in [-0.05, 0) is 49.7 Å². The molecule has 4 heteroatoms. The molecule has 2 saturated heterocycles. The number of ether oxygens (including phenoxy) is 1. The molecule has 3 fully saturated rings. The van der Waals surface area contributed by atoms with Gasteiger partial charge in [-0.3, -0.25) is 4.90 Å². The second-order valence-electron chi connectivity index (χ2n) is 10.4. The fraction of sp³-hybridized carbons (Fsp3) is 0.633. The number of hydrogen-bond donors (Lipinski definition) is 0. The van der Waals surface area contributed by atoms with Gasteiger partial charge in [-0.25, -0.2) is 4.79 Å². The van der Waals surface area contributed by atoms with Crippen molar-refractivity contribution in [2.45, 2.75) is 85.2 Å². The largest absolute Gasteiger partial charge is 0.441 e. The first-order chi connectivity index (χ1) is 16.4. The zero-order valence-corrected chi connectivity index (χ0v) is 22.2. The van der Waals surface area contributed by atoms with E-state index in [9.17, 15) is 4.79 Å². The third-order valence-electron chi connectivity index (χ3n) is 7.60. The van der Waals surface area contributed by atoms with E-state index >= 15 is 0 Å². The highest BCUT2D eigenvalue weighted by Crippen LogP contribution is 2.47. The maximum atomic E-state index is 12.7. The van der Waals surface area contributed by atoms with Crippen LogP contribution in [-0.2, 0) is 4.74 Å². The number of piperidine rings is 1. The molecule has 0 bridgehead atoms. The topological polar surface area (TPSA) is 32.8 Å². The van der Waals surface area contributed by atoms with E-state index in [1.807, 2.05) is 30.9 Å². The second-order valence-corrected chi connectivity index (χ2v) is 10.4. The van der Waals surface area contributed by atoms with Crippen LogP contribution < -0.4 is 0 Å². The van der Waals surface area contributed by atoms with Crippen LogP contribution in [0, 0.1) is 11.3 Å². The Balaban J connectivity index is 0.00000158. The molecule has 1 unspecified atom stereocenters. The molecular formula is C30H46N2O2. The van der Waals surface area contributed by atoms with Crippen LogP contribution in [0.4, 0.5) is 4.79 Å². The van der Waals surface area contributed by atoms with Crippen LogP contribution >= 0.6 is 0 Å². The van der Waals surface area contributed by atoms with Crippen LogP contribution in [0.2, 0.25) is 0 Å². The van der Waals surface area contributed by atoms with E-state index in [0.717, 1.165) is 56.9 Å². The average molecular weight is 467 g/mol. The summed E-state index contributed by atoms with van der Waals surface area (Å²) in [6.07, 6.45) is 20.2. The van der Waals surface area contributed by atoms with Crippen molar-refractivity contribution < 1.29 is 9.53 Å². The van der Waals surface area contributed by atoms with E-state index in [1.165, 1.54) is 19.3 Å². The fourth-order valence-electron chi connectivity index (χ4n) is 5.66. The molecule has 0 N–H and O–H groups in total. The van der Waals surface area contributed by atoms with Gasteiger partial charge in [0.15, 0.2) is 0 Å². The van der Waals surface area contributed by atoms with Crippen molar-refractivity contribution in [3.05, 3.63) is 59.9 Å². The summed E-state index contributed by atoms with van der Waals surface area (Å²) in [7, 11) is 0. The molecule has 34 heavy (non-hydrogen) atoms. The number of nitrogens with zero attached hydrogens (tertiary/aromatic N) is 2. The lowest BCUT2D eigenvalue weighted by molar-refractivity contribution is -0.00556. The van der Waals surface area contributed by atoms with Gasteiger partial charge in [0.05, 0.1) is 6.54 Å². The van der Waals surface area contributed by atoms with Crippen LogP contribution in [0.15, 0.2) is 59.9 Å². The fourth-order valence-corrected chi connectivity index (χ4v) is 5.66. The Hall–Kier alpha value is -2.07. The van der Waals surface area contributed by atoms with Crippen molar-refractivity contribution in [2.75, 3.05) is 26.2 Å². The monoisotopic (exact) mass is 466 g/mol. The van der Waals surface area contributed by atoms with Gasteiger partial charge in [-0.2, -0.15) is 0 Å². The van der Waals surface area contributed by atoms with Crippen LogP contribution in [0.3, 0.4) is 0 Å². The molecule has 4 rings (SSSR count). The molecule has 1 atom stereocenters. The predicted octanol–water partition coefficient (Wildman–Crippen LogP) is 7.42. The molecular weight excluding hydrogens is 420 g/mol. The molecule has 0 aromatic carbocycles. The van der Waals surface area contributed by atoms with Gasteiger partial charge < -0.3 is 9.64 Å². The molecule has 4 aliphatic rings. The van der Waals surface area contributed by atoms with Crippen molar-refractivity contribution in [3.63, 3.8) is 0 Å². The first kappa shape index (κ1) is 26.5. The summed E-state index contributed by atoms with van der Waals surface area (Å²) in [4.78, 5) is 17.1. The summed E-state index contributed by atoms with van der Waals surface area (Å²) in [6.45, 7) is 18.3. The maximum absolute atomic E-state index is 12.7. The first-order valence-electron chi connectivity index (χ1n) is 13.5. The normalized spacial score (nSPS) is 27.3. The van der Waals surface area contributed by atoms with E-state index in [2.05, 4.69) is 50.5 Å². The van der Waals surface area contributed by atoms with Gasteiger partial charge in [0.25, 0.3) is 0 Å². The van der Waals surface area contributed by atoms with Crippen molar-refractivity contribution in [2.24, 2.45) is 11.3 Å². The van der Waals surface area contributed by atoms with E-state index in [-0.39, 0.29) is 17.1 Å². The Morgan fingerprint density at radius 2 is 1.94 bits per heavy atom.